The maximum Gasteiger partial charge on any atom is 0.341 e. The molecule has 0 bridgehead atoms. The number of carboxylic acid groups (broad SMARTS) is 1. The highest BCUT2D eigenvalue weighted by Crippen LogP contribution is 2.24. The number of rotatable bonds is 8. The van der Waals surface area contributed by atoms with E-state index in [-0.39, 0.29) is 6.61 Å². The lowest BCUT2D eigenvalue weighted by Gasteiger charge is -2.12. The van der Waals surface area contributed by atoms with Gasteiger partial charge in [-0.2, -0.15) is 0 Å². The summed E-state index contributed by atoms with van der Waals surface area (Å²) in [6.45, 7) is 3.35. The zero-order chi connectivity index (χ0) is 17.4. The van der Waals surface area contributed by atoms with Crippen LogP contribution in [0.15, 0.2) is 36.4 Å². The number of fused-ring (bicyclic) bond motifs is 1. The van der Waals surface area contributed by atoms with Crippen LogP contribution in [0.1, 0.15) is 18.9 Å². The lowest BCUT2D eigenvalue weighted by molar-refractivity contribution is -0.139. The third kappa shape index (κ3) is 5.38. The van der Waals surface area contributed by atoms with Crippen molar-refractivity contribution >= 4 is 34.1 Å². The number of carboxylic acids is 1. The summed E-state index contributed by atoms with van der Waals surface area (Å²) in [6.07, 6.45) is 1.85. The molecule has 0 unspecified atom stereocenters. The summed E-state index contributed by atoms with van der Waals surface area (Å²) in [5.41, 5.74) is 1.17. The van der Waals surface area contributed by atoms with Crippen LogP contribution < -0.4 is 15.4 Å². The highest BCUT2D eigenvalue weighted by molar-refractivity contribution is 7.80. The third-order valence-electron chi connectivity index (χ3n) is 3.52. The van der Waals surface area contributed by atoms with Crippen molar-refractivity contribution < 1.29 is 14.6 Å². The smallest absolute Gasteiger partial charge is 0.341 e. The van der Waals surface area contributed by atoms with Gasteiger partial charge in [-0.05, 0) is 53.5 Å². The molecule has 0 aromatic heterocycles. The summed E-state index contributed by atoms with van der Waals surface area (Å²) in [7, 11) is 0. The van der Waals surface area contributed by atoms with Crippen molar-refractivity contribution in [1.29, 1.82) is 0 Å². The number of ether oxygens (including phenoxy) is 1. The van der Waals surface area contributed by atoms with E-state index in [1.54, 1.807) is 6.07 Å². The van der Waals surface area contributed by atoms with Crippen LogP contribution in [-0.2, 0) is 11.2 Å². The van der Waals surface area contributed by atoms with E-state index in [0.29, 0.717) is 10.9 Å². The zero-order valence-corrected chi connectivity index (χ0v) is 14.5. The van der Waals surface area contributed by atoms with Crippen molar-refractivity contribution in [3.05, 3.63) is 42.0 Å². The fraction of sp³-hybridized carbons (Fsp3) is 0.333. The Morgan fingerprint density at radius 3 is 2.75 bits per heavy atom. The molecular formula is C18H22N2O3S. The van der Waals surface area contributed by atoms with E-state index >= 15 is 0 Å². The average Bonchev–Trinajstić information content (AvgIpc) is 2.58. The molecule has 0 aliphatic carbocycles. The summed E-state index contributed by atoms with van der Waals surface area (Å²) in [5, 5.41) is 17.9. The molecule has 128 valence electrons. The summed E-state index contributed by atoms with van der Waals surface area (Å²) >= 11 is 5.21. The monoisotopic (exact) mass is 346 g/mol. The van der Waals surface area contributed by atoms with Crippen LogP contribution in [0, 0.1) is 0 Å². The SMILES string of the molecule is CCCNC(=S)NCCc1cccc2ccc(OCC(=O)O)cc12. The Bertz CT molecular complexity index is 718. The van der Waals surface area contributed by atoms with Crippen LogP contribution in [0.2, 0.25) is 0 Å². The third-order valence-corrected chi connectivity index (χ3v) is 3.81. The van der Waals surface area contributed by atoms with Crippen LogP contribution in [-0.4, -0.2) is 35.9 Å². The molecule has 0 atom stereocenters. The first-order chi connectivity index (χ1) is 11.6. The number of hydrogen-bond acceptors (Lipinski definition) is 3. The van der Waals surface area contributed by atoms with Crippen molar-refractivity contribution in [3.63, 3.8) is 0 Å². The number of nitrogens with one attached hydrogen (secondary N) is 2. The first kappa shape index (κ1) is 18.0. The van der Waals surface area contributed by atoms with Gasteiger partial charge in [0.1, 0.15) is 5.75 Å². The van der Waals surface area contributed by atoms with E-state index in [0.717, 1.165) is 36.7 Å². The van der Waals surface area contributed by atoms with Crippen molar-refractivity contribution in [2.75, 3.05) is 19.7 Å². The number of thiocarbonyl (C=S) groups is 1. The summed E-state index contributed by atoms with van der Waals surface area (Å²) in [6, 6.07) is 11.7. The molecule has 0 saturated heterocycles. The Morgan fingerprint density at radius 2 is 2.00 bits per heavy atom. The molecule has 0 saturated carbocycles. The number of carbonyl (C=O) groups is 1. The van der Waals surface area contributed by atoms with Crippen molar-refractivity contribution in [1.82, 2.24) is 10.6 Å². The molecule has 0 spiro atoms. The second-order valence-corrected chi connectivity index (χ2v) is 5.82. The van der Waals surface area contributed by atoms with Gasteiger partial charge in [0.15, 0.2) is 11.7 Å². The first-order valence-electron chi connectivity index (χ1n) is 7.98. The van der Waals surface area contributed by atoms with Crippen LogP contribution in [0.25, 0.3) is 10.8 Å². The van der Waals surface area contributed by atoms with Gasteiger partial charge in [0.25, 0.3) is 0 Å². The van der Waals surface area contributed by atoms with E-state index in [1.165, 1.54) is 5.56 Å². The normalized spacial score (nSPS) is 10.4. The molecule has 2 aromatic rings. The predicted octanol–water partition coefficient (Wildman–Crippen LogP) is 2.72. The van der Waals surface area contributed by atoms with Crippen molar-refractivity contribution in [3.8, 4) is 5.75 Å². The highest BCUT2D eigenvalue weighted by atomic mass is 32.1. The van der Waals surface area contributed by atoms with Gasteiger partial charge in [-0.15, -0.1) is 0 Å². The molecule has 0 radical (unpaired) electrons. The molecule has 0 aliphatic heterocycles. The van der Waals surface area contributed by atoms with E-state index in [2.05, 4.69) is 23.6 Å². The minimum Gasteiger partial charge on any atom is -0.482 e. The molecule has 0 heterocycles. The maximum absolute atomic E-state index is 10.6. The molecular weight excluding hydrogens is 324 g/mol. The van der Waals surface area contributed by atoms with Crippen molar-refractivity contribution in [2.45, 2.75) is 19.8 Å². The lowest BCUT2D eigenvalue weighted by Crippen LogP contribution is -2.36. The molecule has 5 nitrogen and oxygen atoms in total. The maximum atomic E-state index is 10.6. The Balaban J connectivity index is 2.04. The van der Waals surface area contributed by atoms with E-state index < -0.39 is 5.97 Å². The summed E-state index contributed by atoms with van der Waals surface area (Å²) in [4.78, 5) is 10.6. The second-order valence-electron chi connectivity index (χ2n) is 5.42. The average molecular weight is 346 g/mol. The minimum atomic E-state index is -0.985. The Kier molecular flexibility index (Phi) is 6.81. The number of benzene rings is 2. The van der Waals surface area contributed by atoms with Gasteiger partial charge < -0.3 is 20.5 Å². The summed E-state index contributed by atoms with van der Waals surface area (Å²) < 4.78 is 5.27. The van der Waals surface area contributed by atoms with Gasteiger partial charge in [-0.1, -0.05) is 31.2 Å². The molecule has 24 heavy (non-hydrogen) atoms. The van der Waals surface area contributed by atoms with E-state index in [1.807, 2.05) is 24.3 Å². The summed E-state index contributed by atoms with van der Waals surface area (Å²) in [5.74, 6) is -0.425. The Morgan fingerprint density at radius 1 is 1.21 bits per heavy atom. The molecule has 2 aromatic carbocycles. The lowest BCUT2D eigenvalue weighted by atomic mass is 10.0. The standard InChI is InChI=1S/C18H22N2O3S/c1-2-9-19-18(24)20-10-8-14-5-3-4-13-6-7-15(11-16(13)14)23-12-17(21)22/h3-7,11H,2,8-10,12H2,1H3,(H,21,22)(H2,19,20,24). The zero-order valence-electron chi connectivity index (χ0n) is 13.7. The van der Waals surface area contributed by atoms with Crippen LogP contribution in [0.4, 0.5) is 0 Å². The number of aliphatic carboxylic acids is 1. The fourth-order valence-electron chi connectivity index (χ4n) is 2.38. The van der Waals surface area contributed by atoms with Gasteiger partial charge in [0, 0.05) is 13.1 Å². The van der Waals surface area contributed by atoms with Crippen LogP contribution >= 0.6 is 12.2 Å². The number of hydrogen-bond donors (Lipinski definition) is 3. The molecule has 0 amide bonds. The van der Waals surface area contributed by atoms with Gasteiger partial charge in [0.2, 0.25) is 0 Å². The molecule has 3 N–H and O–H groups in total. The van der Waals surface area contributed by atoms with E-state index in [4.69, 9.17) is 22.1 Å². The first-order valence-corrected chi connectivity index (χ1v) is 8.39. The van der Waals surface area contributed by atoms with Gasteiger partial charge in [-0.3, -0.25) is 0 Å². The van der Waals surface area contributed by atoms with Crippen LogP contribution in [0.3, 0.4) is 0 Å². The van der Waals surface area contributed by atoms with Gasteiger partial charge in [0.05, 0.1) is 0 Å². The topological polar surface area (TPSA) is 70.6 Å². The largest absolute Gasteiger partial charge is 0.482 e. The molecule has 6 heteroatoms. The van der Waals surface area contributed by atoms with Crippen molar-refractivity contribution in [2.24, 2.45) is 0 Å². The molecule has 2 rings (SSSR count). The Hall–Kier alpha value is -2.34. The predicted molar refractivity (Wildman–Crippen MR) is 99.7 cm³/mol. The quantitative estimate of drug-likeness (QED) is 0.639. The minimum absolute atomic E-state index is 0.341. The Labute approximate surface area is 147 Å². The molecule has 0 aliphatic rings. The van der Waals surface area contributed by atoms with Crippen LogP contribution in [0.5, 0.6) is 5.75 Å². The fourth-order valence-corrected chi connectivity index (χ4v) is 2.59. The molecule has 0 fully saturated rings. The van der Waals surface area contributed by atoms with Gasteiger partial charge in [-0.25, -0.2) is 4.79 Å². The second kappa shape index (κ2) is 9.08. The highest BCUT2D eigenvalue weighted by Gasteiger charge is 2.05. The van der Waals surface area contributed by atoms with E-state index in [9.17, 15) is 4.79 Å². The van der Waals surface area contributed by atoms with Gasteiger partial charge >= 0.3 is 5.97 Å².